The summed E-state index contributed by atoms with van der Waals surface area (Å²) in [5.74, 6) is -0.128. The third kappa shape index (κ3) is 3.37. The second kappa shape index (κ2) is 7.13. The first-order chi connectivity index (χ1) is 12.8. The summed E-state index contributed by atoms with van der Waals surface area (Å²) in [6.07, 6.45) is 3.41. The van der Waals surface area contributed by atoms with E-state index in [-0.39, 0.29) is 28.5 Å². The summed E-state index contributed by atoms with van der Waals surface area (Å²) < 4.78 is 1.28. The van der Waals surface area contributed by atoms with Gasteiger partial charge >= 0.3 is 5.69 Å². The Morgan fingerprint density at radius 3 is 2.63 bits per heavy atom. The van der Waals surface area contributed by atoms with Gasteiger partial charge in [-0.05, 0) is 18.2 Å². The number of nitriles is 1. The van der Waals surface area contributed by atoms with Crippen LogP contribution in [0.25, 0.3) is 16.7 Å². The van der Waals surface area contributed by atoms with Crippen molar-refractivity contribution in [3.8, 4) is 11.8 Å². The Bertz CT molecular complexity index is 1170. The molecule has 136 valence electrons. The molecule has 3 rings (SSSR count). The molecule has 9 nitrogen and oxygen atoms in total. The van der Waals surface area contributed by atoms with Crippen molar-refractivity contribution in [1.82, 2.24) is 19.5 Å². The molecule has 0 saturated heterocycles. The third-order valence-electron chi connectivity index (χ3n) is 3.89. The number of nitro groups is 1. The number of nitro benzene ring substituents is 1. The first-order valence-electron chi connectivity index (χ1n) is 7.89. The smallest absolute Gasteiger partial charge is 0.264 e. The lowest BCUT2D eigenvalue weighted by atomic mass is 10.1. The lowest BCUT2D eigenvalue weighted by Gasteiger charge is -2.17. The molecule has 0 N–H and O–H groups in total. The van der Waals surface area contributed by atoms with Crippen molar-refractivity contribution in [2.24, 2.45) is 0 Å². The minimum atomic E-state index is -0.624. The standard InChI is InChI=1S/C17H14N6O3S/c1-9(2)14-13-8-19-16(27-3)20-15(13)21-17(24)22(14)11-4-10(7-18)5-12(6-11)23(25)26/h4-6,8-9H,1-3H3. The fourth-order valence-corrected chi connectivity index (χ4v) is 3.13. The quantitative estimate of drug-likeness (QED) is 0.292. The highest BCUT2D eigenvalue weighted by Gasteiger charge is 2.20. The molecule has 0 saturated carbocycles. The molecular weight excluding hydrogens is 368 g/mol. The molecule has 0 spiro atoms. The van der Waals surface area contributed by atoms with Gasteiger partial charge in [0.1, 0.15) is 0 Å². The van der Waals surface area contributed by atoms with E-state index in [1.54, 1.807) is 6.20 Å². The average molecular weight is 382 g/mol. The number of hydrogen-bond acceptors (Lipinski definition) is 8. The molecule has 0 aliphatic carbocycles. The fraction of sp³-hybridized carbons (Fsp3) is 0.235. The van der Waals surface area contributed by atoms with Crippen LogP contribution in [0.15, 0.2) is 34.3 Å². The Morgan fingerprint density at radius 1 is 1.30 bits per heavy atom. The molecule has 2 heterocycles. The van der Waals surface area contributed by atoms with Crippen molar-refractivity contribution < 1.29 is 4.92 Å². The summed E-state index contributed by atoms with van der Waals surface area (Å²) in [4.78, 5) is 35.9. The van der Waals surface area contributed by atoms with E-state index < -0.39 is 10.6 Å². The molecule has 0 bridgehead atoms. The van der Waals surface area contributed by atoms with Crippen molar-refractivity contribution in [2.75, 3.05) is 6.26 Å². The van der Waals surface area contributed by atoms with Crippen molar-refractivity contribution in [3.05, 3.63) is 56.3 Å². The van der Waals surface area contributed by atoms with E-state index >= 15 is 0 Å². The molecule has 0 unspecified atom stereocenters. The first-order valence-corrected chi connectivity index (χ1v) is 9.11. The summed E-state index contributed by atoms with van der Waals surface area (Å²) in [7, 11) is 0. The lowest BCUT2D eigenvalue weighted by Crippen LogP contribution is -2.26. The highest BCUT2D eigenvalue weighted by molar-refractivity contribution is 7.98. The fourth-order valence-electron chi connectivity index (χ4n) is 2.80. The van der Waals surface area contributed by atoms with Gasteiger partial charge in [-0.15, -0.1) is 0 Å². The van der Waals surface area contributed by atoms with Crippen molar-refractivity contribution in [3.63, 3.8) is 0 Å². The Labute approximate surface area is 157 Å². The molecule has 27 heavy (non-hydrogen) atoms. The summed E-state index contributed by atoms with van der Waals surface area (Å²) in [5, 5.41) is 21.5. The zero-order valence-electron chi connectivity index (χ0n) is 14.7. The summed E-state index contributed by atoms with van der Waals surface area (Å²) in [6.45, 7) is 3.77. The van der Waals surface area contributed by atoms with Crippen LogP contribution in [0.3, 0.4) is 0 Å². The summed E-state index contributed by atoms with van der Waals surface area (Å²) in [6, 6.07) is 5.71. The molecule has 0 aliphatic rings. The van der Waals surface area contributed by atoms with Crippen LogP contribution in [-0.2, 0) is 0 Å². The maximum absolute atomic E-state index is 12.8. The van der Waals surface area contributed by atoms with E-state index in [0.717, 1.165) is 6.07 Å². The summed E-state index contributed by atoms with van der Waals surface area (Å²) >= 11 is 1.33. The highest BCUT2D eigenvalue weighted by atomic mass is 32.2. The molecule has 0 atom stereocenters. The van der Waals surface area contributed by atoms with Crippen LogP contribution >= 0.6 is 11.8 Å². The number of non-ortho nitro benzene ring substituents is 1. The molecule has 0 amide bonds. The van der Waals surface area contributed by atoms with Gasteiger partial charge in [0.15, 0.2) is 10.8 Å². The average Bonchev–Trinajstić information content (AvgIpc) is 2.65. The van der Waals surface area contributed by atoms with E-state index in [9.17, 15) is 20.2 Å². The molecular formula is C17H14N6O3S. The number of benzene rings is 1. The minimum Gasteiger partial charge on any atom is -0.264 e. The molecule has 0 aliphatic heterocycles. The van der Waals surface area contributed by atoms with Crippen molar-refractivity contribution in [1.29, 1.82) is 5.26 Å². The van der Waals surface area contributed by atoms with Crippen molar-refractivity contribution in [2.45, 2.75) is 24.9 Å². The topological polar surface area (TPSA) is 128 Å². The SMILES string of the molecule is CSc1ncc2c(C(C)C)n(-c3cc(C#N)cc([N+](=O)[O-])c3)c(=O)nc2n1. The molecule has 1 aromatic carbocycles. The van der Waals surface area contributed by atoms with E-state index in [4.69, 9.17) is 0 Å². The maximum Gasteiger partial charge on any atom is 0.354 e. The van der Waals surface area contributed by atoms with Gasteiger partial charge in [0.05, 0.1) is 27.6 Å². The number of rotatable bonds is 4. The number of aromatic nitrogens is 4. The van der Waals surface area contributed by atoms with Gasteiger partial charge in [0.2, 0.25) is 0 Å². The third-order valence-corrected chi connectivity index (χ3v) is 4.45. The summed E-state index contributed by atoms with van der Waals surface area (Å²) in [5.41, 5.74) is 0.223. The predicted octanol–water partition coefficient (Wildman–Crippen LogP) is 2.80. The van der Waals surface area contributed by atoms with Gasteiger partial charge < -0.3 is 0 Å². The highest BCUT2D eigenvalue weighted by Crippen LogP contribution is 2.27. The van der Waals surface area contributed by atoms with Crippen LogP contribution < -0.4 is 5.69 Å². The number of hydrogen-bond donors (Lipinski definition) is 0. The molecule has 3 aromatic rings. The number of fused-ring (bicyclic) bond motifs is 1. The zero-order valence-corrected chi connectivity index (χ0v) is 15.5. The molecule has 2 aromatic heterocycles. The monoisotopic (exact) mass is 382 g/mol. The van der Waals surface area contributed by atoms with E-state index in [0.29, 0.717) is 16.2 Å². The Hall–Kier alpha value is -3.32. The van der Waals surface area contributed by atoms with Gasteiger partial charge in [-0.3, -0.25) is 14.7 Å². The second-order valence-corrected chi connectivity index (χ2v) is 6.74. The van der Waals surface area contributed by atoms with Gasteiger partial charge in [-0.25, -0.2) is 14.8 Å². The molecule has 0 radical (unpaired) electrons. The van der Waals surface area contributed by atoms with E-state index in [2.05, 4.69) is 15.0 Å². The van der Waals surface area contributed by atoms with Crippen LogP contribution in [0.4, 0.5) is 5.69 Å². The van der Waals surface area contributed by atoms with Gasteiger partial charge in [0.25, 0.3) is 5.69 Å². The zero-order chi connectivity index (χ0) is 19.7. The Balaban J connectivity index is 2.42. The van der Waals surface area contributed by atoms with Crippen LogP contribution in [0, 0.1) is 21.4 Å². The Morgan fingerprint density at radius 2 is 2.04 bits per heavy atom. The Kier molecular flexibility index (Phi) is 4.87. The van der Waals surface area contributed by atoms with Crippen LogP contribution in [0.1, 0.15) is 31.0 Å². The van der Waals surface area contributed by atoms with Gasteiger partial charge in [-0.2, -0.15) is 10.2 Å². The van der Waals surface area contributed by atoms with Gasteiger partial charge in [0, 0.05) is 24.0 Å². The maximum atomic E-state index is 12.8. The van der Waals surface area contributed by atoms with E-state index in [1.165, 1.54) is 28.5 Å². The predicted molar refractivity (Wildman–Crippen MR) is 100 cm³/mol. The second-order valence-electron chi connectivity index (χ2n) is 5.97. The normalized spacial score (nSPS) is 10.9. The number of nitrogens with zero attached hydrogens (tertiary/aromatic N) is 6. The largest absolute Gasteiger partial charge is 0.354 e. The minimum absolute atomic E-state index is 0.0786. The molecule has 0 fully saturated rings. The lowest BCUT2D eigenvalue weighted by molar-refractivity contribution is -0.384. The van der Waals surface area contributed by atoms with Crippen molar-refractivity contribution >= 4 is 28.5 Å². The first kappa shape index (κ1) is 18.5. The van der Waals surface area contributed by atoms with E-state index in [1.807, 2.05) is 26.2 Å². The van der Waals surface area contributed by atoms with Gasteiger partial charge in [-0.1, -0.05) is 25.6 Å². The number of thioether (sulfide) groups is 1. The van der Waals surface area contributed by atoms with Crippen LogP contribution in [0.5, 0.6) is 0 Å². The van der Waals surface area contributed by atoms with Crippen LogP contribution in [0.2, 0.25) is 0 Å². The van der Waals surface area contributed by atoms with Crippen LogP contribution in [-0.4, -0.2) is 30.7 Å². The molecule has 10 heteroatoms.